The van der Waals surface area contributed by atoms with Gasteiger partial charge in [0, 0.05) is 38.5 Å². The summed E-state index contributed by atoms with van der Waals surface area (Å²) in [6.45, 7) is 3.53. The number of nitrogens with zero attached hydrogens (tertiary/aromatic N) is 2. The number of carbonyl (C=O) groups excluding carboxylic acids is 1. The Balaban J connectivity index is 1.18. The van der Waals surface area contributed by atoms with Gasteiger partial charge in [0.1, 0.15) is 5.82 Å². The quantitative estimate of drug-likeness (QED) is 0.837. The van der Waals surface area contributed by atoms with Gasteiger partial charge in [-0.2, -0.15) is 0 Å². The first kappa shape index (κ1) is 17.5. The number of imidazole rings is 1. The smallest absolute Gasteiger partial charge is 0.220 e. The summed E-state index contributed by atoms with van der Waals surface area (Å²) in [5, 5.41) is 3.23. The zero-order chi connectivity index (χ0) is 17.8. The van der Waals surface area contributed by atoms with E-state index in [1.54, 1.807) is 0 Å². The number of para-hydroxylation sites is 2. The Kier molecular flexibility index (Phi) is 5.54. The molecule has 0 radical (unpaired) electrons. The molecule has 1 aromatic heterocycles. The summed E-state index contributed by atoms with van der Waals surface area (Å²) in [6.07, 6.45) is 9.01. The van der Waals surface area contributed by atoms with Crippen LogP contribution in [0.4, 0.5) is 0 Å². The molecule has 1 amide bonds. The molecule has 2 aliphatic rings. The van der Waals surface area contributed by atoms with E-state index < -0.39 is 0 Å². The van der Waals surface area contributed by atoms with Crippen molar-refractivity contribution in [3.05, 3.63) is 30.1 Å². The van der Waals surface area contributed by atoms with Gasteiger partial charge in [-0.05, 0) is 43.7 Å². The Labute approximate surface area is 155 Å². The van der Waals surface area contributed by atoms with Gasteiger partial charge >= 0.3 is 0 Å². The Hall–Kier alpha value is -1.88. The Morgan fingerprint density at radius 3 is 2.69 bits per heavy atom. The van der Waals surface area contributed by atoms with Crippen LogP contribution in [0.1, 0.15) is 50.8 Å². The zero-order valence-corrected chi connectivity index (χ0v) is 15.5. The van der Waals surface area contributed by atoms with Crippen molar-refractivity contribution in [3.8, 4) is 0 Å². The van der Waals surface area contributed by atoms with Gasteiger partial charge in [0.25, 0.3) is 0 Å². The summed E-state index contributed by atoms with van der Waals surface area (Å²) < 4.78 is 0. The molecule has 2 N–H and O–H groups in total. The van der Waals surface area contributed by atoms with Crippen molar-refractivity contribution in [2.45, 2.75) is 57.4 Å². The van der Waals surface area contributed by atoms with E-state index in [0.29, 0.717) is 18.9 Å². The lowest BCUT2D eigenvalue weighted by Gasteiger charge is -2.33. The Morgan fingerprint density at radius 2 is 1.92 bits per heavy atom. The highest BCUT2D eigenvalue weighted by atomic mass is 16.1. The van der Waals surface area contributed by atoms with E-state index in [4.69, 9.17) is 0 Å². The van der Waals surface area contributed by atoms with Crippen molar-refractivity contribution in [1.29, 1.82) is 0 Å². The summed E-state index contributed by atoms with van der Waals surface area (Å²) in [7, 11) is 0. The van der Waals surface area contributed by atoms with Crippen molar-refractivity contribution in [3.63, 3.8) is 0 Å². The van der Waals surface area contributed by atoms with Crippen LogP contribution in [-0.4, -0.2) is 46.5 Å². The molecule has 26 heavy (non-hydrogen) atoms. The molecule has 0 atom stereocenters. The number of carbonyl (C=O) groups is 1. The highest BCUT2D eigenvalue weighted by Crippen LogP contribution is 2.26. The topological polar surface area (TPSA) is 61.0 Å². The monoisotopic (exact) mass is 354 g/mol. The second-order valence-electron chi connectivity index (χ2n) is 7.99. The average molecular weight is 354 g/mol. The van der Waals surface area contributed by atoms with Crippen molar-refractivity contribution in [2.24, 2.45) is 5.92 Å². The first-order valence-corrected chi connectivity index (χ1v) is 10.2. The molecule has 2 fully saturated rings. The standard InChI is InChI=1S/C21H30N4O/c26-21(10-9-20-23-18-7-3-4-8-19(18)24-20)22-17-11-13-25(14-12-17)15-16-5-1-2-6-16/h3-4,7-8,16-17H,1-2,5-6,9-15H2,(H,22,26)(H,23,24). The molecule has 4 rings (SSSR count). The number of rotatable bonds is 6. The molecule has 5 heteroatoms. The first-order chi connectivity index (χ1) is 12.8. The number of likely N-dealkylation sites (tertiary alicyclic amines) is 1. The van der Waals surface area contributed by atoms with Crippen LogP contribution in [0.3, 0.4) is 0 Å². The SMILES string of the molecule is O=C(CCc1nc2ccccc2[nH]1)NC1CCN(CC2CCCC2)CC1. The van der Waals surface area contributed by atoms with Crippen LogP contribution in [-0.2, 0) is 11.2 Å². The number of hydrogen-bond donors (Lipinski definition) is 2. The summed E-state index contributed by atoms with van der Waals surface area (Å²) in [5.41, 5.74) is 2.01. The second-order valence-corrected chi connectivity index (χ2v) is 7.99. The molecule has 0 spiro atoms. The molecule has 0 unspecified atom stereocenters. The molecule has 0 bridgehead atoms. The van der Waals surface area contributed by atoms with Gasteiger partial charge in [-0.25, -0.2) is 4.98 Å². The summed E-state index contributed by atoms with van der Waals surface area (Å²) >= 11 is 0. The van der Waals surface area contributed by atoms with Gasteiger partial charge in [0.2, 0.25) is 5.91 Å². The Morgan fingerprint density at radius 1 is 1.15 bits per heavy atom. The van der Waals surface area contributed by atoms with Crippen LogP contribution in [0, 0.1) is 5.92 Å². The maximum absolute atomic E-state index is 12.3. The molecule has 2 aromatic rings. The molecule has 140 valence electrons. The molecular formula is C21H30N4O. The summed E-state index contributed by atoms with van der Waals surface area (Å²) in [5.74, 6) is 1.97. The fourth-order valence-corrected chi connectivity index (χ4v) is 4.47. The number of aromatic amines is 1. The van der Waals surface area contributed by atoms with Crippen molar-refractivity contribution in [1.82, 2.24) is 20.2 Å². The van der Waals surface area contributed by atoms with Crippen LogP contribution in [0.5, 0.6) is 0 Å². The highest BCUT2D eigenvalue weighted by molar-refractivity contribution is 5.77. The number of aromatic nitrogens is 2. The van der Waals surface area contributed by atoms with E-state index in [2.05, 4.69) is 20.2 Å². The third-order valence-electron chi connectivity index (χ3n) is 5.97. The normalized spacial score (nSPS) is 20.0. The molecule has 1 saturated heterocycles. The molecule has 1 aliphatic carbocycles. The van der Waals surface area contributed by atoms with Gasteiger partial charge in [-0.1, -0.05) is 25.0 Å². The number of H-pyrrole nitrogens is 1. The number of amides is 1. The van der Waals surface area contributed by atoms with Crippen LogP contribution < -0.4 is 5.32 Å². The molecule has 5 nitrogen and oxygen atoms in total. The fourth-order valence-electron chi connectivity index (χ4n) is 4.47. The summed E-state index contributed by atoms with van der Waals surface area (Å²) in [4.78, 5) is 22.7. The van der Waals surface area contributed by atoms with Crippen LogP contribution in [0.2, 0.25) is 0 Å². The maximum atomic E-state index is 12.3. The zero-order valence-electron chi connectivity index (χ0n) is 15.5. The van der Waals surface area contributed by atoms with Crippen LogP contribution in [0.25, 0.3) is 11.0 Å². The van der Waals surface area contributed by atoms with Crippen molar-refractivity contribution in [2.75, 3.05) is 19.6 Å². The van der Waals surface area contributed by atoms with Gasteiger partial charge < -0.3 is 15.2 Å². The molecule has 1 aliphatic heterocycles. The predicted molar refractivity (Wildman–Crippen MR) is 104 cm³/mol. The second kappa shape index (κ2) is 8.21. The van der Waals surface area contributed by atoms with E-state index >= 15 is 0 Å². The third kappa shape index (κ3) is 4.44. The van der Waals surface area contributed by atoms with E-state index in [-0.39, 0.29) is 5.91 Å². The summed E-state index contributed by atoms with van der Waals surface area (Å²) in [6, 6.07) is 8.34. The van der Waals surface area contributed by atoms with Crippen molar-refractivity contribution < 1.29 is 4.79 Å². The number of nitrogens with one attached hydrogen (secondary N) is 2. The van der Waals surface area contributed by atoms with E-state index in [0.717, 1.165) is 48.7 Å². The van der Waals surface area contributed by atoms with E-state index in [1.807, 2.05) is 24.3 Å². The fraction of sp³-hybridized carbons (Fsp3) is 0.619. The van der Waals surface area contributed by atoms with Crippen LogP contribution in [0.15, 0.2) is 24.3 Å². The number of aryl methyl sites for hydroxylation is 1. The lowest BCUT2D eigenvalue weighted by Crippen LogP contribution is -2.45. The van der Waals surface area contributed by atoms with Crippen molar-refractivity contribution >= 4 is 16.9 Å². The molecule has 2 heterocycles. The minimum atomic E-state index is 0.152. The largest absolute Gasteiger partial charge is 0.353 e. The predicted octanol–water partition coefficient (Wildman–Crippen LogP) is 3.27. The molecular weight excluding hydrogens is 324 g/mol. The minimum absolute atomic E-state index is 0.152. The van der Waals surface area contributed by atoms with Gasteiger partial charge in [-0.15, -0.1) is 0 Å². The lowest BCUT2D eigenvalue weighted by molar-refractivity contribution is -0.122. The minimum Gasteiger partial charge on any atom is -0.353 e. The first-order valence-electron chi connectivity index (χ1n) is 10.2. The van der Waals surface area contributed by atoms with Crippen LogP contribution >= 0.6 is 0 Å². The van der Waals surface area contributed by atoms with Gasteiger partial charge in [0.05, 0.1) is 11.0 Å². The number of piperidine rings is 1. The maximum Gasteiger partial charge on any atom is 0.220 e. The molecule has 1 saturated carbocycles. The van der Waals surface area contributed by atoms with Gasteiger partial charge in [-0.3, -0.25) is 4.79 Å². The number of benzene rings is 1. The average Bonchev–Trinajstić information content (AvgIpc) is 3.30. The van der Waals surface area contributed by atoms with E-state index in [1.165, 1.54) is 32.2 Å². The van der Waals surface area contributed by atoms with Gasteiger partial charge in [0.15, 0.2) is 0 Å². The van der Waals surface area contributed by atoms with E-state index in [9.17, 15) is 4.79 Å². The Bertz CT molecular complexity index is 693. The third-order valence-corrected chi connectivity index (χ3v) is 5.97. The number of fused-ring (bicyclic) bond motifs is 1. The number of hydrogen-bond acceptors (Lipinski definition) is 3. The highest BCUT2D eigenvalue weighted by Gasteiger charge is 2.24. The lowest BCUT2D eigenvalue weighted by atomic mass is 10.0. The molecule has 1 aromatic carbocycles.